The Morgan fingerprint density at radius 3 is 2.75 bits per heavy atom. The molecule has 0 bridgehead atoms. The van der Waals surface area contributed by atoms with Crippen LogP contribution >= 0.6 is 15.9 Å². The van der Waals surface area contributed by atoms with Gasteiger partial charge in [-0.25, -0.2) is 0 Å². The number of carbonyl (C=O) groups excluding carboxylic acids is 1. The molecule has 0 radical (unpaired) electrons. The van der Waals surface area contributed by atoms with Gasteiger partial charge in [-0.15, -0.1) is 0 Å². The quantitative estimate of drug-likeness (QED) is 0.890. The fraction of sp³-hybridized carbons (Fsp3) is 0.533. The Hall–Kier alpha value is -0.910. The summed E-state index contributed by atoms with van der Waals surface area (Å²) in [7, 11) is 1.63. The molecule has 1 heterocycles. The molecular formula is C15H21BrN2O2. The average molecular weight is 341 g/mol. The van der Waals surface area contributed by atoms with Gasteiger partial charge in [-0.1, -0.05) is 6.07 Å². The van der Waals surface area contributed by atoms with E-state index in [9.17, 15) is 4.79 Å². The Balaban J connectivity index is 1.86. The summed E-state index contributed by atoms with van der Waals surface area (Å²) in [4.78, 5) is 14.3. The van der Waals surface area contributed by atoms with Crippen molar-refractivity contribution >= 4 is 21.7 Å². The zero-order chi connectivity index (χ0) is 14.5. The zero-order valence-corrected chi connectivity index (χ0v) is 13.4. The van der Waals surface area contributed by atoms with Gasteiger partial charge in [-0.3, -0.25) is 9.69 Å². The molecule has 0 saturated carbocycles. The van der Waals surface area contributed by atoms with Gasteiger partial charge < -0.3 is 10.5 Å². The third-order valence-corrected chi connectivity index (χ3v) is 4.27. The van der Waals surface area contributed by atoms with E-state index in [1.54, 1.807) is 7.11 Å². The number of piperidine rings is 1. The fourth-order valence-corrected chi connectivity index (χ4v) is 3.05. The number of carbonyl (C=O) groups is 1. The highest BCUT2D eigenvalue weighted by Gasteiger charge is 2.18. The summed E-state index contributed by atoms with van der Waals surface area (Å²) < 4.78 is 6.07. The van der Waals surface area contributed by atoms with Gasteiger partial charge in [0.2, 0.25) is 0 Å². The van der Waals surface area contributed by atoms with E-state index >= 15 is 0 Å². The van der Waals surface area contributed by atoms with Crippen LogP contribution in [0.5, 0.6) is 5.75 Å². The van der Waals surface area contributed by atoms with Crippen molar-refractivity contribution in [1.82, 2.24) is 4.90 Å². The number of ketones is 1. The molecule has 4 nitrogen and oxygen atoms in total. The van der Waals surface area contributed by atoms with E-state index in [-0.39, 0.29) is 5.78 Å². The lowest BCUT2D eigenvalue weighted by Crippen LogP contribution is -2.42. The second-order valence-electron chi connectivity index (χ2n) is 5.30. The van der Waals surface area contributed by atoms with Crippen molar-refractivity contribution < 1.29 is 9.53 Å². The smallest absolute Gasteiger partial charge is 0.151 e. The van der Waals surface area contributed by atoms with Crippen molar-refractivity contribution in [3.8, 4) is 5.75 Å². The molecule has 0 unspecified atom stereocenters. The Kier molecular flexibility index (Phi) is 5.57. The largest absolute Gasteiger partial charge is 0.496 e. The highest BCUT2D eigenvalue weighted by Crippen LogP contribution is 2.25. The zero-order valence-electron chi connectivity index (χ0n) is 11.8. The van der Waals surface area contributed by atoms with Crippen LogP contribution in [0.3, 0.4) is 0 Å². The minimum Gasteiger partial charge on any atom is -0.496 e. The van der Waals surface area contributed by atoms with Crippen LogP contribution in [0.15, 0.2) is 22.7 Å². The van der Waals surface area contributed by atoms with Gasteiger partial charge in [0.1, 0.15) is 5.75 Å². The summed E-state index contributed by atoms with van der Waals surface area (Å²) >= 11 is 3.44. The standard InChI is InChI=1S/C15H21BrN2O2/c1-20-15-3-2-11(9-14(15)16)8-13(19)10-18-6-4-12(17)5-7-18/h2-3,9,12H,4-8,10,17H2,1H3. The minimum absolute atomic E-state index is 0.248. The highest BCUT2D eigenvalue weighted by atomic mass is 79.9. The third kappa shape index (κ3) is 4.30. The summed E-state index contributed by atoms with van der Waals surface area (Å²) in [6.07, 6.45) is 2.44. The molecule has 0 aromatic heterocycles. The summed E-state index contributed by atoms with van der Waals surface area (Å²) in [5.41, 5.74) is 6.88. The van der Waals surface area contributed by atoms with Gasteiger partial charge in [-0.2, -0.15) is 0 Å². The van der Waals surface area contributed by atoms with E-state index in [0.717, 1.165) is 41.7 Å². The molecule has 5 heteroatoms. The lowest BCUT2D eigenvalue weighted by atomic mass is 10.0. The SMILES string of the molecule is COc1ccc(CC(=O)CN2CCC(N)CC2)cc1Br. The first kappa shape index (κ1) is 15.5. The van der Waals surface area contributed by atoms with E-state index in [4.69, 9.17) is 10.5 Å². The number of ether oxygens (including phenoxy) is 1. The van der Waals surface area contributed by atoms with Gasteiger partial charge in [0.15, 0.2) is 5.78 Å². The van der Waals surface area contributed by atoms with Crippen molar-refractivity contribution in [2.45, 2.75) is 25.3 Å². The fourth-order valence-electron chi connectivity index (χ4n) is 2.46. The lowest BCUT2D eigenvalue weighted by Gasteiger charge is -2.29. The number of methoxy groups -OCH3 is 1. The molecule has 1 aromatic rings. The lowest BCUT2D eigenvalue weighted by molar-refractivity contribution is -0.119. The van der Waals surface area contributed by atoms with Crippen LogP contribution in [0.25, 0.3) is 0 Å². The van der Waals surface area contributed by atoms with Crippen LogP contribution in [-0.2, 0) is 11.2 Å². The minimum atomic E-state index is 0.248. The normalized spacial score (nSPS) is 17.1. The number of nitrogens with zero attached hydrogens (tertiary/aromatic N) is 1. The number of likely N-dealkylation sites (tertiary alicyclic amines) is 1. The summed E-state index contributed by atoms with van der Waals surface area (Å²) in [6, 6.07) is 6.07. The number of rotatable bonds is 5. The predicted molar refractivity (Wildman–Crippen MR) is 83.1 cm³/mol. The summed E-state index contributed by atoms with van der Waals surface area (Å²) in [5.74, 6) is 1.03. The highest BCUT2D eigenvalue weighted by molar-refractivity contribution is 9.10. The Labute approximate surface area is 128 Å². The first-order valence-electron chi connectivity index (χ1n) is 6.90. The molecular weight excluding hydrogens is 320 g/mol. The topological polar surface area (TPSA) is 55.6 Å². The van der Waals surface area contributed by atoms with Crippen LogP contribution in [-0.4, -0.2) is 43.5 Å². The van der Waals surface area contributed by atoms with Crippen molar-refractivity contribution in [1.29, 1.82) is 0 Å². The summed E-state index contributed by atoms with van der Waals surface area (Å²) in [6.45, 7) is 2.38. The molecule has 20 heavy (non-hydrogen) atoms. The average Bonchev–Trinajstić information content (AvgIpc) is 2.41. The summed E-state index contributed by atoms with van der Waals surface area (Å²) in [5, 5.41) is 0. The van der Waals surface area contributed by atoms with Crippen molar-refractivity contribution in [2.24, 2.45) is 5.73 Å². The maximum atomic E-state index is 12.1. The van der Waals surface area contributed by atoms with Gasteiger partial charge in [0.05, 0.1) is 18.1 Å². The number of benzene rings is 1. The number of halogens is 1. The van der Waals surface area contributed by atoms with Crippen molar-refractivity contribution in [3.05, 3.63) is 28.2 Å². The molecule has 1 fully saturated rings. The number of hydrogen-bond donors (Lipinski definition) is 1. The Bertz CT molecular complexity index is 471. The van der Waals surface area contributed by atoms with E-state index in [0.29, 0.717) is 19.0 Å². The number of Topliss-reactive ketones (excluding diaryl/α,β-unsaturated/α-hetero) is 1. The molecule has 0 spiro atoms. The van der Waals surface area contributed by atoms with Gasteiger partial charge >= 0.3 is 0 Å². The van der Waals surface area contributed by atoms with E-state index in [1.165, 1.54) is 0 Å². The van der Waals surface area contributed by atoms with Gasteiger partial charge in [-0.05, 0) is 46.5 Å². The maximum absolute atomic E-state index is 12.1. The van der Waals surface area contributed by atoms with Crippen LogP contribution in [0.1, 0.15) is 18.4 Å². The second kappa shape index (κ2) is 7.20. The van der Waals surface area contributed by atoms with Crippen LogP contribution in [0.2, 0.25) is 0 Å². The van der Waals surface area contributed by atoms with E-state index in [1.807, 2.05) is 18.2 Å². The molecule has 0 amide bonds. The van der Waals surface area contributed by atoms with E-state index < -0.39 is 0 Å². The molecule has 1 aliphatic rings. The molecule has 0 aliphatic carbocycles. The Morgan fingerprint density at radius 2 is 2.15 bits per heavy atom. The number of nitrogens with two attached hydrogens (primary N) is 1. The first-order valence-corrected chi connectivity index (χ1v) is 7.70. The van der Waals surface area contributed by atoms with Gasteiger partial charge in [0, 0.05) is 25.6 Å². The maximum Gasteiger partial charge on any atom is 0.151 e. The molecule has 1 aliphatic heterocycles. The molecule has 2 N–H and O–H groups in total. The molecule has 1 aromatic carbocycles. The molecule has 0 atom stereocenters. The third-order valence-electron chi connectivity index (χ3n) is 3.65. The van der Waals surface area contributed by atoms with E-state index in [2.05, 4.69) is 20.8 Å². The van der Waals surface area contributed by atoms with Crippen LogP contribution in [0, 0.1) is 0 Å². The van der Waals surface area contributed by atoms with Crippen molar-refractivity contribution in [3.63, 3.8) is 0 Å². The van der Waals surface area contributed by atoms with Crippen LogP contribution in [0.4, 0.5) is 0 Å². The Morgan fingerprint density at radius 1 is 1.45 bits per heavy atom. The first-order chi connectivity index (χ1) is 9.58. The molecule has 2 rings (SSSR count). The van der Waals surface area contributed by atoms with Crippen LogP contribution < -0.4 is 10.5 Å². The molecule has 1 saturated heterocycles. The van der Waals surface area contributed by atoms with Gasteiger partial charge in [0.25, 0.3) is 0 Å². The number of hydrogen-bond acceptors (Lipinski definition) is 4. The molecule has 110 valence electrons. The van der Waals surface area contributed by atoms with Crippen molar-refractivity contribution in [2.75, 3.05) is 26.7 Å². The monoisotopic (exact) mass is 340 g/mol. The predicted octanol–water partition coefficient (Wildman–Crippen LogP) is 1.99. The second-order valence-corrected chi connectivity index (χ2v) is 6.15.